The van der Waals surface area contributed by atoms with Gasteiger partial charge in [-0.2, -0.15) is 0 Å². The standard InChI is InChI=1S/C16H23NOS/c1-12-10-13(4-5-15(12)17)19-14-6-9-18-16(11-14)7-2-3-8-16/h4-5,10,14H,2-3,6-9,11,17H2,1H3. The summed E-state index contributed by atoms with van der Waals surface area (Å²) in [6, 6.07) is 6.41. The molecule has 19 heavy (non-hydrogen) atoms. The number of ether oxygens (including phenoxy) is 1. The third kappa shape index (κ3) is 2.92. The zero-order chi connectivity index (χ0) is 13.3. The van der Waals surface area contributed by atoms with Crippen molar-refractivity contribution in [3.8, 4) is 0 Å². The van der Waals surface area contributed by atoms with Crippen molar-refractivity contribution in [1.29, 1.82) is 0 Å². The topological polar surface area (TPSA) is 35.2 Å². The molecule has 3 heteroatoms. The highest BCUT2D eigenvalue weighted by Gasteiger charge is 2.40. The molecule has 1 unspecified atom stereocenters. The van der Waals surface area contributed by atoms with Crippen molar-refractivity contribution in [1.82, 2.24) is 0 Å². The van der Waals surface area contributed by atoms with E-state index < -0.39 is 0 Å². The molecule has 0 amide bonds. The Morgan fingerprint density at radius 1 is 1.32 bits per heavy atom. The third-order valence-corrected chi connectivity index (χ3v) is 5.77. The quantitative estimate of drug-likeness (QED) is 0.824. The molecule has 1 saturated heterocycles. The van der Waals surface area contributed by atoms with Crippen molar-refractivity contribution in [2.24, 2.45) is 0 Å². The van der Waals surface area contributed by atoms with Gasteiger partial charge in [-0.05, 0) is 56.4 Å². The van der Waals surface area contributed by atoms with E-state index in [2.05, 4.69) is 19.1 Å². The molecule has 2 aliphatic rings. The lowest BCUT2D eigenvalue weighted by atomic mass is 9.92. The Kier molecular flexibility index (Phi) is 3.77. The zero-order valence-electron chi connectivity index (χ0n) is 11.7. The van der Waals surface area contributed by atoms with Crippen LogP contribution in [0.25, 0.3) is 0 Å². The first-order chi connectivity index (χ1) is 9.17. The molecule has 2 nitrogen and oxygen atoms in total. The van der Waals surface area contributed by atoms with E-state index in [1.165, 1.54) is 49.0 Å². The van der Waals surface area contributed by atoms with Gasteiger partial charge < -0.3 is 10.5 Å². The van der Waals surface area contributed by atoms with Crippen molar-refractivity contribution < 1.29 is 4.74 Å². The summed E-state index contributed by atoms with van der Waals surface area (Å²) in [7, 11) is 0. The number of rotatable bonds is 2. The minimum Gasteiger partial charge on any atom is -0.399 e. The Morgan fingerprint density at radius 2 is 2.11 bits per heavy atom. The van der Waals surface area contributed by atoms with Crippen LogP contribution < -0.4 is 5.73 Å². The maximum absolute atomic E-state index is 6.10. The summed E-state index contributed by atoms with van der Waals surface area (Å²) >= 11 is 2.01. The van der Waals surface area contributed by atoms with E-state index in [9.17, 15) is 0 Å². The Balaban J connectivity index is 1.67. The zero-order valence-corrected chi connectivity index (χ0v) is 12.5. The summed E-state index contributed by atoms with van der Waals surface area (Å²) in [6.45, 7) is 3.02. The highest BCUT2D eigenvalue weighted by Crippen LogP contribution is 2.44. The minimum atomic E-state index is 0.221. The SMILES string of the molecule is Cc1cc(SC2CCOC3(CCCC3)C2)ccc1N. The lowest BCUT2D eigenvalue weighted by Gasteiger charge is -2.38. The lowest BCUT2D eigenvalue weighted by Crippen LogP contribution is -2.38. The van der Waals surface area contributed by atoms with E-state index in [0.29, 0.717) is 5.25 Å². The number of anilines is 1. The van der Waals surface area contributed by atoms with E-state index in [1.54, 1.807) is 0 Å². The van der Waals surface area contributed by atoms with Gasteiger partial charge in [-0.15, -0.1) is 11.8 Å². The minimum absolute atomic E-state index is 0.221. The van der Waals surface area contributed by atoms with Crippen molar-refractivity contribution in [3.63, 3.8) is 0 Å². The molecule has 1 saturated carbocycles. The van der Waals surface area contributed by atoms with Gasteiger partial charge in [-0.25, -0.2) is 0 Å². The second-order valence-electron chi connectivity index (χ2n) is 5.99. The first kappa shape index (κ1) is 13.3. The largest absolute Gasteiger partial charge is 0.399 e. The van der Waals surface area contributed by atoms with Crippen molar-refractivity contribution in [2.45, 2.75) is 61.2 Å². The molecule has 1 atom stereocenters. The second kappa shape index (κ2) is 5.37. The molecule has 3 rings (SSSR count). The number of thioether (sulfide) groups is 1. The molecule has 0 aromatic heterocycles. The summed E-state index contributed by atoms with van der Waals surface area (Å²) in [5.74, 6) is 0. The molecule has 0 bridgehead atoms. The van der Waals surface area contributed by atoms with Gasteiger partial charge in [0.2, 0.25) is 0 Å². The van der Waals surface area contributed by atoms with Crippen LogP contribution in [-0.4, -0.2) is 17.5 Å². The fourth-order valence-electron chi connectivity index (χ4n) is 3.37. The number of benzene rings is 1. The maximum atomic E-state index is 6.10. The van der Waals surface area contributed by atoms with E-state index in [4.69, 9.17) is 10.5 Å². The molecule has 1 aliphatic carbocycles. The van der Waals surface area contributed by atoms with Crippen LogP contribution in [0.1, 0.15) is 44.1 Å². The molecule has 2 N–H and O–H groups in total. The molecular weight excluding hydrogens is 254 g/mol. The molecular formula is C16H23NOS. The number of aryl methyl sites for hydroxylation is 1. The summed E-state index contributed by atoms with van der Waals surface area (Å²) in [6.07, 6.45) is 7.63. The van der Waals surface area contributed by atoms with Crippen LogP contribution in [0.4, 0.5) is 5.69 Å². The monoisotopic (exact) mass is 277 g/mol. The molecule has 1 heterocycles. The molecule has 2 fully saturated rings. The molecule has 104 valence electrons. The van der Waals surface area contributed by atoms with E-state index in [1.807, 2.05) is 17.8 Å². The summed E-state index contributed by atoms with van der Waals surface area (Å²) in [5, 5.41) is 0.704. The van der Waals surface area contributed by atoms with Crippen LogP contribution in [-0.2, 0) is 4.74 Å². The van der Waals surface area contributed by atoms with Gasteiger partial charge in [-0.1, -0.05) is 12.8 Å². The predicted octanol–water partition coefficient (Wildman–Crippen LogP) is 4.16. The van der Waals surface area contributed by atoms with Gasteiger partial charge in [0.05, 0.1) is 5.60 Å². The van der Waals surface area contributed by atoms with Gasteiger partial charge in [0.15, 0.2) is 0 Å². The number of nitrogens with two attached hydrogens (primary N) is 1. The van der Waals surface area contributed by atoms with Crippen LogP contribution in [0.5, 0.6) is 0 Å². The van der Waals surface area contributed by atoms with Gasteiger partial charge in [0.1, 0.15) is 0 Å². The predicted molar refractivity (Wildman–Crippen MR) is 81.6 cm³/mol. The van der Waals surface area contributed by atoms with Crippen LogP contribution in [0.15, 0.2) is 23.1 Å². The fraction of sp³-hybridized carbons (Fsp3) is 0.625. The maximum Gasteiger partial charge on any atom is 0.0693 e. The average Bonchev–Trinajstić information content (AvgIpc) is 2.82. The Morgan fingerprint density at radius 3 is 2.84 bits per heavy atom. The third-order valence-electron chi connectivity index (χ3n) is 4.51. The van der Waals surface area contributed by atoms with Crippen LogP contribution >= 0.6 is 11.8 Å². The Labute approximate surface area is 120 Å². The Bertz CT molecular complexity index is 454. The molecule has 1 aromatic rings. The van der Waals surface area contributed by atoms with E-state index >= 15 is 0 Å². The second-order valence-corrected chi connectivity index (χ2v) is 7.36. The highest BCUT2D eigenvalue weighted by atomic mass is 32.2. The van der Waals surface area contributed by atoms with Crippen molar-refractivity contribution in [3.05, 3.63) is 23.8 Å². The lowest BCUT2D eigenvalue weighted by molar-refractivity contribution is -0.0703. The van der Waals surface area contributed by atoms with E-state index in [-0.39, 0.29) is 5.60 Å². The number of nitrogen functional groups attached to an aromatic ring is 1. The normalized spacial score (nSPS) is 25.8. The van der Waals surface area contributed by atoms with Crippen LogP contribution in [0.2, 0.25) is 0 Å². The van der Waals surface area contributed by atoms with Gasteiger partial charge in [0.25, 0.3) is 0 Å². The van der Waals surface area contributed by atoms with Crippen LogP contribution in [0, 0.1) is 6.92 Å². The first-order valence-corrected chi connectivity index (χ1v) is 8.22. The molecule has 0 radical (unpaired) electrons. The highest BCUT2D eigenvalue weighted by molar-refractivity contribution is 8.00. The van der Waals surface area contributed by atoms with Crippen molar-refractivity contribution >= 4 is 17.4 Å². The molecule has 1 aliphatic heterocycles. The van der Waals surface area contributed by atoms with E-state index in [0.717, 1.165) is 12.3 Å². The summed E-state index contributed by atoms with van der Waals surface area (Å²) in [4.78, 5) is 1.35. The van der Waals surface area contributed by atoms with Crippen LogP contribution in [0.3, 0.4) is 0 Å². The molecule has 1 aromatic carbocycles. The summed E-state index contributed by atoms with van der Waals surface area (Å²) in [5.41, 5.74) is 8.19. The number of hydrogen-bond acceptors (Lipinski definition) is 3. The number of hydrogen-bond donors (Lipinski definition) is 1. The van der Waals surface area contributed by atoms with Crippen molar-refractivity contribution in [2.75, 3.05) is 12.3 Å². The average molecular weight is 277 g/mol. The van der Waals surface area contributed by atoms with Gasteiger partial charge in [-0.3, -0.25) is 0 Å². The van der Waals surface area contributed by atoms with Gasteiger partial charge >= 0.3 is 0 Å². The molecule has 1 spiro atoms. The van der Waals surface area contributed by atoms with Gasteiger partial charge in [0, 0.05) is 22.4 Å². The smallest absolute Gasteiger partial charge is 0.0693 e. The fourth-order valence-corrected chi connectivity index (χ4v) is 4.74. The summed E-state index contributed by atoms with van der Waals surface area (Å²) < 4.78 is 6.10. The Hall–Kier alpha value is -0.670. The first-order valence-electron chi connectivity index (χ1n) is 7.34.